The molecule has 0 spiro atoms. The van der Waals surface area contributed by atoms with E-state index in [1.807, 2.05) is 24.5 Å². The number of thiazole rings is 1. The number of nitrogens with one attached hydrogen (secondary N) is 1. The molecule has 1 N–H and O–H groups in total. The van der Waals surface area contributed by atoms with Gasteiger partial charge in [-0.3, -0.25) is 4.98 Å². The van der Waals surface area contributed by atoms with Gasteiger partial charge in [-0.1, -0.05) is 0 Å². The average molecular weight is 288 g/mol. The zero-order valence-corrected chi connectivity index (χ0v) is 12.8. The van der Waals surface area contributed by atoms with Gasteiger partial charge in [0.2, 0.25) is 0 Å². The van der Waals surface area contributed by atoms with E-state index in [4.69, 9.17) is 4.98 Å². The van der Waals surface area contributed by atoms with Crippen LogP contribution in [0.5, 0.6) is 0 Å². The molecule has 2 heterocycles. The SMILES string of the molecule is Cc1nc(N(C)Cc2ccncc2)sc1CNC1CC1. The maximum Gasteiger partial charge on any atom is 0.185 e. The molecule has 0 radical (unpaired) electrons. The molecule has 5 heteroatoms. The molecule has 1 aliphatic rings. The average Bonchev–Trinajstić information content (AvgIpc) is 3.20. The minimum atomic E-state index is 0.745. The summed E-state index contributed by atoms with van der Waals surface area (Å²) in [6, 6.07) is 4.84. The molecule has 0 aliphatic heterocycles. The first kappa shape index (κ1) is 13.5. The van der Waals surface area contributed by atoms with Gasteiger partial charge in [-0.05, 0) is 37.5 Å². The molecule has 0 aromatic carbocycles. The van der Waals surface area contributed by atoms with Gasteiger partial charge in [-0.25, -0.2) is 4.98 Å². The van der Waals surface area contributed by atoms with Crippen molar-refractivity contribution >= 4 is 16.5 Å². The lowest BCUT2D eigenvalue weighted by molar-refractivity contribution is 0.691. The fourth-order valence-corrected chi connectivity index (χ4v) is 3.07. The molecule has 2 aromatic rings. The van der Waals surface area contributed by atoms with Crippen molar-refractivity contribution in [3.05, 3.63) is 40.7 Å². The van der Waals surface area contributed by atoms with Gasteiger partial charge in [-0.2, -0.15) is 0 Å². The molecule has 20 heavy (non-hydrogen) atoms. The molecule has 0 unspecified atom stereocenters. The lowest BCUT2D eigenvalue weighted by Gasteiger charge is -2.15. The van der Waals surface area contributed by atoms with Gasteiger partial charge in [0.05, 0.1) is 5.69 Å². The van der Waals surface area contributed by atoms with Crippen LogP contribution in [0.25, 0.3) is 0 Å². The van der Waals surface area contributed by atoms with Gasteiger partial charge in [0.1, 0.15) is 0 Å². The van der Waals surface area contributed by atoms with Crippen molar-refractivity contribution in [1.82, 2.24) is 15.3 Å². The summed E-state index contributed by atoms with van der Waals surface area (Å²) in [6.45, 7) is 3.92. The molecule has 1 saturated carbocycles. The third-order valence-electron chi connectivity index (χ3n) is 3.51. The van der Waals surface area contributed by atoms with Crippen LogP contribution in [-0.4, -0.2) is 23.1 Å². The lowest BCUT2D eigenvalue weighted by atomic mass is 10.2. The second-order valence-corrected chi connectivity index (χ2v) is 6.43. The van der Waals surface area contributed by atoms with Crippen molar-refractivity contribution < 1.29 is 0 Å². The summed E-state index contributed by atoms with van der Waals surface area (Å²) in [4.78, 5) is 12.3. The highest BCUT2D eigenvalue weighted by Crippen LogP contribution is 2.27. The van der Waals surface area contributed by atoms with Gasteiger partial charge in [0, 0.05) is 43.4 Å². The third kappa shape index (κ3) is 3.35. The molecule has 106 valence electrons. The Labute approximate surface area is 123 Å². The Bertz CT molecular complexity index is 563. The van der Waals surface area contributed by atoms with E-state index in [-0.39, 0.29) is 0 Å². The summed E-state index contributed by atoms with van der Waals surface area (Å²) in [7, 11) is 2.09. The predicted octanol–water partition coefficient (Wildman–Crippen LogP) is 2.73. The molecule has 0 saturated heterocycles. The maximum absolute atomic E-state index is 4.69. The van der Waals surface area contributed by atoms with Gasteiger partial charge in [0.25, 0.3) is 0 Å². The summed E-state index contributed by atoms with van der Waals surface area (Å²) >= 11 is 1.79. The van der Waals surface area contributed by atoms with E-state index in [1.54, 1.807) is 11.3 Å². The summed E-state index contributed by atoms with van der Waals surface area (Å²) in [5, 5.41) is 4.65. The molecule has 2 aromatic heterocycles. The zero-order chi connectivity index (χ0) is 13.9. The van der Waals surface area contributed by atoms with Gasteiger partial charge < -0.3 is 10.2 Å². The second kappa shape index (κ2) is 5.89. The van der Waals surface area contributed by atoms with Crippen molar-refractivity contribution in [1.29, 1.82) is 0 Å². The van der Waals surface area contributed by atoms with Crippen molar-refractivity contribution in [2.75, 3.05) is 11.9 Å². The van der Waals surface area contributed by atoms with E-state index >= 15 is 0 Å². The van der Waals surface area contributed by atoms with Crippen LogP contribution >= 0.6 is 11.3 Å². The topological polar surface area (TPSA) is 41.1 Å². The number of aryl methyl sites for hydroxylation is 1. The zero-order valence-electron chi connectivity index (χ0n) is 12.0. The van der Waals surface area contributed by atoms with Gasteiger partial charge in [0.15, 0.2) is 5.13 Å². The summed E-state index contributed by atoms with van der Waals surface area (Å²) < 4.78 is 0. The number of rotatable bonds is 6. The Kier molecular flexibility index (Phi) is 3.98. The Balaban J connectivity index is 1.64. The Morgan fingerprint density at radius 2 is 2.10 bits per heavy atom. The van der Waals surface area contributed by atoms with E-state index in [0.717, 1.165) is 30.0 Å². The lowest BCUT2D eigenvalue weighted by Crippen LogP contribution is -2.16. The molecule has 1 fully saturated rings. The number of nitrogens with zero attached hydrogens (tertiary/aromatic N) is 3. The summed E-state index contributed by atoms with van der Waals surface area (Å²) in [5.41, 5.74) is 2.41. The number of aromatic nitrogens is 2. The monoisotopic (exact) mass is 288 g/mol. The van der Waals surface area contributed by atoms with Crippen molar-refractivity contribution in [3.63, 3.8) is 0 Å². The van der Waals surface area contributed by atoms with Crippen LogP contribution in [0.1, 0.15) is 29.0 Å². The predicted molar refractivity (Wildman–Crippen MR) is 83.1 cm³/mol. The first-order valence-corrected chi connectivity index (χ1v) is 7.84. The van der Waals surface area contributed by atoms with E-state index in [2.05, 4.69) is 29.2 Å². The quantitative estimate of drug-likeness (QED) is 0.887. The highest BCUT2D eigenvalue weighted by atomic mass is 32.1. The molecule has 1 aliphatic carbocycles. The van der Waals surface area contributed by atoms with Crippen LogP contribution in [0.3, 0.4) is 0 Å². The van der Waals surface area contributed by atoms with Gasteiger partial charge in [-0.15, -0.1) is 11.3 Å². The fourth-order valence-electron chi connectivity index (χ4n) is 2.09. The second-order valence-electron chi connectivity index (χ2n) is 5.37. The molecular weight excluding hydrogens is 268 g/mol. The van der Waals surface area contributed by atoms with Crippen LogP contribution < -0.4 is 10.2 Å². The maximum atomic E-state index is 4.69. The summed E-state index contributed by atoms with van der Waals surface area (Å²) in [6.07, 6.45) is 6.32. The summed E-state index contributed by atoms with van der Waals surface area (Å²) in [5.74, 6) is 0. The highest BCUT2D eigenvalue weighted by molar-refractivity contribution is 7.15. The van der Waals surface area contributed by atoms with Crippen LogP contribution in [0.15, 0.2) is 24.5 Å². The van der Waals surface area contributed by atoms with Crippen LogP contribution in [-0.2, 0) is 13.1 Å². The minimum absolute atomic E-state index is 0.745. The fraction of sp³-hybridized carbons (Fsp3) is 0.467. The van der Waals surface area contributed by atoms with E-state index in [0.29, 0.717) is 0 Å². The standard InChI is InChI=1S/C15H20N4S/c1-11-14(9-17-13-3-4-13)20-15(18-11)19(2)10-12-5-7-16-8-6-12/h5-8,13,17H,3-4,9-10H2,1-2H3. The number of pyridine rings is 1. The van der Waals surface area contributed by atoms with Crippen LogP contribution in [0.4, 0.5) is 5.13 Å². The van der Waals surface area contributed by atoms with E-state index in [9.17, 15) is 0 Å². The van der Waals surface area contributed by atoms with Crippen molar-refractivity contribution in [2.45, 2.75) is 38.9 Å². The highest BCUT2D eigenvalue weighted by Gasteiger charge is 2.21. The van der Waals surface area contributed by atoms with Crippen molar-refractivity contribution in [3.8, 4) is 0 Å². The van der Waals surface area contributed by atoms with E-state index in [1.165, 1.54) is 23.3 Å². The largest absolute Gasteiger partial charge is 0.347 e. The molecule has 3 rings (SSSR count). The van der Waals surface area contributed by atoms with Crippen LogP contribution in [0.2, 0.25) is 0 Å². The van der Waals surface area contributed by atoms with Crippen LogP contribution in [0, 0.1) is 6.92 Å². The van der Waals surface area contributed by atoms with E-state index < -0.39 is 0 Å². The number of hydrogen-bond acceptors (Lipinski definition) is 5. The number of anilines is 1. The third-order valence-corrected chi connectivity index (χ3v) is 4.78. The molecule has 0 atom stereocenters. The molecular formula is C15H20N4S. The normalized spacial score (nSPS) is 14.5. The first-order valence-electron chi connectivity index (χ1n) is 7.02. The molecule has 0 bridgehead atoms. The number of hydrogen-bond donors (Lipinski definition) is 1. The smallest absolute Gasteiger partial charge is 0.185 e. The minimum Gasteiger partial charge on any atom is -0.347 e. The van der Waals surface area contributed by atoms with Gasteiger partial charge >= 0.3 is 0 Å². The Morgan fingerprint density at radius 1 is 1.35 bits per heavy atom. The molecule has 0 amide bonds. The molecule has 4 nitrogen and oxygen atoms in total. The first-order chi connectivity index (χ1) is 9.72. The Morgan fingerprint density at radius 3 is 2.80 bits per heavy atom. The van der Waals surface area contributed by atoms with Crippen molar-refractivity contribution in [2.24, 2.45) is 0 Å². The Hall–Kier alpha value is -1.46.